The van der Waals surface area contributed by atoms with Gasteiger partial charge < -0.3 is 4.57 Å². The van der Waals surface area contributed by atoms with Crippen molar-refractivity contribution in [3.8, 4) is 6.07 Å². The minimum absolute atomic E-state index is 0.127. The fourth-order valence-electron chi connectivity index (χ4n) is 3.57. The molecule has 2 aromatic rings. The first-order valence-corrected chi connectivity index (χ1v) is 10.2. The van der Waals surface area contributed by atoms with Crippen molar-refractivity contribution in [1.82, 2.24) is 8.87 Å². The number of rotatable bonds is 4. The first-order valence-electron chi connectivity index (χ1n) is 8.61. The summed E-state index contributed by atoms with van der Waals surface area (Å²) >= 11 is 0. The van der Waals surface area contributed by atoms with Gasteiger partial charge in [0.05, 0.1) is 23.4 Å². The molecular formula is C19H23N3O2S. The number of benzene rings is 1. The monoisotopic (exact) mass is 357 g/mol. The predicted octanol–water partition coefficient (Wildman–Crippen LogP) is 3.34. The first-order chi connectivity index (χ1) is 12.0. The van der Waals surface area contributed by atoms with Crippen molar-refractivity contribution in [2.45, 2.75) is 37.5 Å². The van der Waals surface area contributed by atoms with E-state index >= 15 is 0 Å². The summed E-state index contributed by atoms with van der Waals surface area (Å²) in [4.78, 5) is 0. The largest absolute Gasteiger partial charge is 0.353 e. The van der Waals surface area contributed by atoms with Crippen LogP contribution in [0.25, 0.3) is 0 Å². The molecular weight excluding hydrogens is 334 g/mol. The normalized spacial score (nSPS) is 19.3. The summed E-state index contributed by atoms with van der Waals surface area (Å²) < 4.78 is 30.1. The average molecular weight is 357 g/mol. The van der Waals surface area contributed by atoms with Gasteiger partial charge in [0.15, 0.2) is 0 Å². The van der Waals surface area contributed by atoms with Crippen molar-refractivity contribution in [1.29, 1.82) is 5.26 Å². The van der Waals surface area contributed by atoms with E-state index in [1.807, 2.05) is 29.9 Å². The van der Waals surface area contributed by atoms with Crippen molar-refractivity contribution in [3.05, 3.63) is 59.4 Å². The van der Waals surface area contributed by atoms with E-state index in [2.05, 4.69) is 6.07 Å². The number of hydrogen-bond donors (Lipinski definition) is 0. The van der Waals surface area contributed by atoms with E-state index in [4.69, 9.17) is 0 Å². The molecule has 0 unspecified atom stereocenters. The minimum atomic E-state index is -3.52. The van der Waals surface area contributed by atoms with Gasteiger partial charge in [-0.1, -0.05) is 31.0 Å². The molecule has 1 aromatic heterocycles. The van der Waals surface area contributed by atoms with Crippen LogP contribution in [0.4, 0.5) is 0 Å². The molecule has 5 nitrogen and oxygen atoms in total. The molecule has 1 aromatic carbocycles. The highest BCUT2D eigenvalue weighted by Crippen LogP contribution is 2.33. The van der Waals surface area contributed by atoms with Gasteiger partial charge in [0.25, 0.3) is 0 Å². The van der Waals surface area contributed by atoms with Crippen molar-refractivity contribution >= 4 is 10.0 Å². The molecule has 0 aliphatic carbocycles. The van der Waals surface area contributed by atoms with E-state index in [1.54, 1.807) is 28.6 Å². The molecule has 1 atom stereocenters. The van der Waals surface area contributed by atoms with E-state index in [0.29, 0.717) is 17.7 Å². The van der Waals surface area contributed by atoms with Crippen LogP contribution in [-0.2, 0) is 22.8 Å². The van der Waals surface area contributed by atoms with Gasteiger partial charge in [-0.3, -0.25) is 0 Å². The van der Waals surface area contributed by atoms with Gasteiger partial charge in [0, 0.05) is 25.5 Å². The summed E-state index contributed by atoms with van der Waals surface area (Å²) in [7, 11) is -1.56. The smallest absolute Gasteiger partial charge is 0.218 e. The third-order valence-corrected chi connectivity index (χ3v) is 6.69. The summed E-state index contributed by atoms with van der Waals surface area (Å²) in [5, 5.41) is 9.25. The van der Waals surface area contributed by atoms with Crippen LogP contribution in [0.5, 0.6) is 0 Å². The van der Waals surface area contributed by atoms with E-state index in [9.17, 15) is 13.7 Å². The average Bonchev–Trinajstić information content (AvgIpc) is 2.86. The molecule has 25 heavy (non-hydrogen) atoms. The molecule has 0 amide bonds. The molecule has 0 N–H and O–H groups in total. The Morgan fingerprint density at radius 2 is 1.96 bits per heavy atom. The second-order valence-corrected chi connectivity index (χ2v) is 8.47. The third-order valence-electron chi connectivity index (χ3n) is 4.86. The van der Waals surface area contributed by atoms with Gasteiger partial charge >= 0.3 is 0 Å². The lowest BCUT2D eigenvalue weighted by Gasteiger charge is -2.30. The van der Waals surface area contributed by atoms with Gasteiger partial charge in [-0.25, -0.2) is 8.42 Å². The molecule has 6 heteroatoms. The Hall–Kier alpha value is -2.10. The number of aromatic nitrogens is 1. The van der Waals surface area contributed by atoms with Crippen LogP contribution in [0, 0.1) is 11.3 Å². The predicted molar refractivity (Wildman–Crippen MR) is 97.1 cm³/mol. The highest BCUT2D eigenvalue weighted by molar-refractivity contribution is 7.88. The molecule has 132 valence electrons. The van der Waals surface area contributed by atoms with Gasteiger partial charge in [-0.15, -0.1) is 0 Å². The molecule has 0 saturated carbocycles. The van der Waals surface area contributed by atoms with Gasteiger partial charge in [-0.05, 0) is 36.6 Å². The van der Waals surface area contributed by atoms with E-state index in [1.165, 1.54) is 0 Å². The number of nitriles is 1. The molecule has 0 bridgehead atoms. The second kappa shape index (κ2) is 7.42. The molecule has 0 radical (unpaired) electrons. The van der Waals surface area contributed by atoms with Crippen molar-refractivity contribution in [3.63, 3.8) is 0 Å². The Labute approximate surface area is 149 Å². The molecule has 2 heterocycles. The molecule has 1 aliphatic rings. The first kappa shape index (κ1) is 17.7. The quantitative estimate of drug-likeness (QED) is 0.843. The molecule has 3 rings (SSSR count). The van der Waals surface area contributed by atoms with Crippen molar-refractivity contribution in [2.75, 3.05) is 6.54 Å². The van der Waals surface area contributed by atoms with Crippen LogP contribution in [0.15, 0.2) is 42.6 Å². The maximum absolute atomic E-state index is 13.2. The van der Waals surface area contributed by atoms with Crippen LogP contribution in [-0.4, -0.2) is 23.8 Å². The summed E-state index contributed by atoms with van der Waals surface area (Å²) in [6.45, 7) is 0.535. The standard InChI is InChI=1S/C19H23N3O2S/c1-21-12-7-11-18(21)19-10-3-2-6-13-22(19)25(23,24)15-17-9-5-4-8-16(17)14-20/h4-5,7-9,11-12,19H,2-3,6,10,13,15H2,1H3/t19-/m0/s1. The van der Waals surface area contributed by atoms with Crippen molar-refractivity contribution in [2.24, 2.45) is 7.05 Å². The summed E-state index contributed by atoms with van der Waals surface area (Å²) in [5.74, 6) is -0.127. The minimum Gasteiger partial charge on any atom is -0.353 e. The van der Waals surface area contributed by atoms with Crippen LogP contribution in [0.1, 0.15) is 48.5 Å². The second-order valence-electron chi connectivity index (χ2n) is 6.54. The van der Waals surface area contributed by atoms with E-state index in [0.717, 1.165) is 31.4 Å². The summed E-state index contributed by atoms with van der Waals surface area (Å²) in [5.41, 5.74) is 2.02. The third kappa shape index (κ3) is 3.78. The topological polar surface area (TPSA) is 66.1 Å². The van der Waals surface area contributed by atoms with Crippen LogP contribution < -0.4 is 0 Å². The zero-order valence-electron chi connectivity index (χ0n) is 14.4. The Kier molecular flexibility index (Phi) is 5.26. The Balaban J connectivity index is 1.95. The number of sulfonamides is 1. The molecule has 1 aliphatic heterocycles. The highest BCUT2D eigenvalue weighted by atomic mass is 32.2. The fraction of sp³-hybridized carbons (Fsp3) is 0.421. The molecule has 0 spiro atoms. The van der Waals surface area contributed by atoms with Crippen LogP contribution in [0.3, 0.4) is 0 Å². The lowest BCUT2D eigenvalue weighted by molar-refractivity contribution is 0.318. The van der Waals surface area contributed by atoms with Gasteiger partial charge in [0.2, 0.25) is 10.0 Å². The van der Waals surface area contributed by atoms with E-state index in [-0.39, 0.29) is 11.8 Å². The lowest BCUT2D eigenvalue weighted by atomic mass is 10.1. The number of nitrogens with zero attached hydrogens (tertiary/aromatic N) is 3. The number of hydrogen-bond acceptors (Lipinski definition) is 3. The van der Waals surface area contributed by atoms with Crippen LogP contribution >= 0.6 is 0 Å². The molecule has 1 saturated heterocycles. The summed E-state index contributed by atoms with van der Waals surface area (Å²) in [6, 6.07) is 12.8. The Bertz CT molecular complexity index is 880. The Morgan fingerprint density at radius 1 is 1.16 bits per heavy atom. The SMILES string of the molecule is Cn1cccc1[C@@H]1CCCCCN1S(=O)(=O)Cc1ccccc1C#N. The zero-order valence-corrected chi connectivity index (χ0v) is 15.2. The van der Waals surface area contributed by atoms with Crippen molar-refractivity contribution < 1.29 is 8.42 Å². The Morgan fingerprint density at radius 3 is 2.68 bits per heavy atom. The highest BCUT2D eigenvalue weighted by Gasteiger charge is 2.33. The zero-order chi connectivity index (χ0) is 17.9. The van der Waals surface area contributed by atoms with Crippen LogP contribution in [0.2, 0.25) is 0 Å². The fourth-order valence-corrected chi connectivity index (χ4v) is 5.38. The maximum Gasteiger partial charge on any atom is 0.218 e. The number of aryl methyl sites for hydroxylation is 1. The lowest BCUT2D eigenvalue weighted by Crippen LogP contribution is -2.36. The maximum atomic E-state index is 13.2. The van der Waals surface area contributed by atoms with Gasteiger partial charge in [-0.2, -0.15) is 9.57 Å². The van der Waals surface area contributed by atoms with E-state index < -0.39 is 10.0 Å². The summed E-state index contributed by atoms with van der Waals surface area (Å²) in [6.07, 6.45) is 5.73. The molecule has 1 fully saturated rings. The van der Waals surface area contributed by atoms with Gasteiger partial charge in [0.1, 0.15) is 0 Å².